The Morgan fingerprint density at radius 3 is 2.85 bits per heavy atom. The molecular formula is C15H12Cl2FNO. The van der Waals surface area contributed by atoms with Gasteiger partial charge in [-0.15, -0.1) is 0 Å². The molecule has 1 heterocycles. The molecule has 0 saturated carbocycles. The molecule has 1 unspecified atom stereocenters. The number of hydrogen-bond donors (Lipinski definition) is 1. The molecule has 0 spiro atoms. The summed E-state index contributed by atoms with van der Waals surface area (Å²) in [5.41, 5.74) is 2.66. The Morgan fingerprint density at radius 1 is 1.25 bits per heavy atom. The summed E-state index contributed by atoms with van der Waals surface area (Å²) >= 11 is 11.8. The molecular weight excluding hydrogens is 300 g/mol. The molecule has 0 aromatic heterocycles. The molecule has 5 heteroatoms. The number of rotatable bonds is 1. The maximum absolute atomic E-state index is 13.6. The monoisotopic (exact) mass is 311 g/mol. The largest absolute Gasteiger partial charge is 0.482 e. The van der Waals surface area contributed by atoms with Crippen LogP contribution in [-0.2, 0) is 0 Å². The van der Waals surface area contributed by atoms with E-state index in [0.29, 0.717) is 17.1 Å². The molecule has 2 nitrogen and oxygen atoms in total. The van der Waals surface area contributed by atoms with Crippen molar-refractivity contribution >= 4 is 28.9 Å². The summed E-state index contributed by atoms with van der Waals surface area (Å²) in [4.78, 5) is 0. The zero-order chi connectivity index (χ0) is 14.3. The van der Waals surface area contributed by atoms with Crippen LogP contribution in [0, 0.1) is 12.7 Å². The molecule has 0 amide bonds. The molecule has 1 aliphatic rings. The van der Waals surface area contributed by atoms with E-state index in [1.165, 1.54) is 12.1 Å². The molecule has 2 aromatic carbocycles. The molecule has 1 N–H and O–H groups in total. The third-order valence-corrected chi connectivity index (χ3v) is 3.97. The molecule has 3 rings (SSSR count). The summed E-state index contributed by atoms with van der Waals surface area (Å²) in [7, 11) is 0. The first-order valence-corrected chi connectivity index (χ1v) is 6.96. The van der Waals surface area contributed by atoms with Gasteiger partial charge in [-0.2, -0.15) is 0 Å². The standard InChI is InChI=1S/C15H12Cl2FNO/c1-8-3-2-4-13-15(8)19-7-14(20-13)9-5-12(18)11(17)6-10(9)16/h2-6,14,19H,7H2,1H3. The second-order valence-corrected chi connectivity index (χ2v) is 5.54. The summed E-state index contributed by atoms with van der Waals surface area (Å²) in [5.74, 6) is 0.248. The highest BCUT2D eigenvalue weighted by Crippen LogP contribution is 2.38. The second kappa shape index (κ2) is 5.15. The van der Waals surface area contributed by atoms with Crippen molar-refractivity contribution in [3.63, 3.8) is 0 Å². The summed E-state index contributed by atoms with van der Waals surface area (Å²) in [5, 5.41) is 3.72. The Labute approximate surface area is 126 Å². The zero-order valence-electron chi connectivity index (χ0n) is 10.7. The van der Waals surface area contributed by atoms with E-state index in [2.05, 4.69) is 5.32 Å². The number of ether oxygens (including phenoxy) is 1. The normalized spacial score (nSPS) is 17.1. The lowest BCUT2D eigenvalue weighted by molar-refractivity contribution is 0.210. The lowest BCUT2D eigenvalue weighted by Crippen LogP contribution is -2.24. The van der Waals surface area contributed by atoms with Gasteiger partial charge in [-0.1, -0.05) is 35.3 Å². The van der Waals surface area contributed by atoms with Crippen molar-refractivity contribution < 1.29 is 9.13 Å². The molecule has 104 valence electrons. The van der Waals surface area contributed by atoms with E-state index >= 15 is 0 Å². The van der Waals surface area contributed by atoms with E-state index in [4.69, 9.17) is 27.9 Å². The molecule has 0 saturated heterocycles. The van der Waals surface area contributed by atoms with Crippen LogP contribution >= 0.6 is 23.2 Å². The van der Waals surface area contributed by atoms with Gasteiger partial charge < -0.3 is 10.1 Å². The Hall–Kier alpha value is -1.45. The maximum atomic E-state index is 13.6. The smallest absolute Gasteiger partial charge is 0.143 e. The number of benzene rings is 2. The molecule has 2 aromatic rings. The van der Waals surface area contributed by atoms with Gasteiger partial charge in [0.25, 0.3) is 0 Å². The summed E-state index contributed by atoms with van der Waals surface area (Å²) < 4.78 is 19.5. The van der Waals surface area contributed by atoms with Gasteiger partial charge in [-0.3, -0.25) is 0 Å². The van der Waals surface area contributed by atoms with Gasteiger partial charge in [-0.25, -0.2) is 4.39 Å². The van der Waals surface area contributed by atoms with E-state index < -0.39 is 5.82 Å². The quantitative estimate of drug-likeness (QED) is 0.749. The Morgan fingerprint density at radius 2 is 2.05 bits per heavy atom. The van der Waals surface area contributed by atoms with Crippen LogP contribution in [0.15, 0.2) is 30.3 Å². The molecule has 0 bridgehead atoms. The number of aryl methyl sites for hydroxylation is 1. The minimum atomic E-state index is -0.496. The van der Waals surface area contributed by atoms with Gasteiger partial charge in [0.2, 0.25) is 0 Å². The Kier molecular flexibility index (Phi) is 3.48. The van der Waals surface area contributed by atoms with E-state index in [0.717, 1.165) is 17.0 Å². The molecule has 1 aliphatic heterocycles. The number of halogens is 3. The van der Waals surface area contributed by atoms with Crippen LogP contribution in [0.4, 0.5) is 10.1 Å². The van der Waals surface area contributed by atoms with Gasteiger partial charge in [0.1, 0.15) is 17.7 Å². The first kappa shape index (κ1) is 13.5. The fourth-order valence-electron chi connectivity index (χ4n) is 2.31. The van der Waals surface area contributed by atoms with Crippen molar-refractivity contribution in [3.8, 4) is 5.75 Å². The average Bonchev–Trinajstić information content (AvgIpc) is 2.43. The molecule has 0 aliphatic carbocycles. The molecule has 0 radical (unpaired) electrons. The molecule has 20 heavy (non-hydrogen) atoms. The highest BCUT2D eigenvalue weighted by atomic mass is 35.5. The van der Waals surface area contributed by atoms with Gasteiger partial charge in [0.15, 0.2) is 0 Å². The van der Waals surface area contributed by atoms with Crippen LogP contribution in [0.25, 0.3) is 0 Å². The van der Waals surface area contributed by atoms with Gasteiger partial charge in [-0.05, 0) is 30.7 Å². The minimum absolute atomic E-state index is 0.0127. The number of anilines is 1. The summed E-state index contributed by atoms with van der Waals surface area (Å²) in [6.07, 6.45) is -0.344. The van der Waals surface area contributed by atoms with Crippen LogP contribution in [0.1, 0.15) is 17.2 Å². The van der Waals surface area contributed by atoms with Gasteiger partial charge in [0.05, 0.1) is 17.3 Å². The SMILES string of the molecule is Cc1cccc2c1NCC(c1cc(F)c(Cl)cc1Cl)O2. The lowest BCUT2D eigenvalue weighted by atomic mass is 10.1. The average molecular weight is 312 g/mol. The second-order valence-electron chi connectivity index (χ2n) is 4.72. The fourth-order valence-corrected chi connectivity index (χ4v) is 2.82. The first-order chi connectivity index (χ1) is 9.56. The third-order valence-electron chi connectivity index (χ3n) is 3.35. The minimum Gasteiger partial charge on any atom is -0.482 e. The zero-order valence-corrected chi connectivity index (χ0v) is 12.2. The maximum Gasteiger partial charge on any atom is 0.143 e. The fraction of sp³-hybridized carbons (Fsp3) is 0.200. The van der Waals surface area contributed by atoms with Crippen molar-refractivity contribution in [1.82, 2.24) is 0 Å². The van der Waals surface area contributed by atoms with E-state index in [1.807, 2.05) is 25.1 Å². The van der Waals surface area contributed by atoms with Crippen molar-refractivity contribution in [3.05, 3.63) is 57.3 Å². The van der Waals surface area contributed by atoms with Crippen LogP contribution in [-0.4, -0.2) is 6.54 Å². The highest BCUT2D eigenvalue weighted by molar-refractivity contribution is 6.35. The van der Waals surface area contributed by atoms with Crippen LogP contribution in [0.2, 0.25) is 10.0 Å². The number of para-hydroxylation sites is 1. The summed E-state index contributed by atoms with van der Waals surface area (Å²) in [6, 6.07) is 8.54. The Balaban J connectivity index is 1.96. The molecule has 1 atom stereocenters. The Bertz CT molecular complexity index is 675. The van der Waals surface area contributed by atoms with Crippen molar-refractivity contribution in [2.75, 3.05) is 11.9 Å². The van der Waals surface area contributed by atoms with E-state index in [9.17, 15) is 4.39 Å². The van der Waals surface area contributed by atoms with Crippen molar-refractivity contribution in [2.45, 2.75) is 13.0 Å². The number of fused-ring (bicyclic) bond motifs is 1. The number of nitrogens with one attached hydrogen (secondary N) is 1. The van der Waals surface area contributed by atoms with Crippen molar-refractivity contribution in [1.29, 1.82) is 0 Å². The predicted octanol–water partition coefficient (Wildman–Crippen LogP) is 4.99. The van der Waals surface area contributed by atoms with Crippen LogP contribution in [0.5, 0.6) is 5.75 Å². The predicted molar refractivity (Wildman–Crippen MR) is 79.5 cm³/mol. The van der Waals surface area contributed by atoms with Gasteiger partial charge in [0, 0.05) is 10.6 Å². The van der Waals surface area contributed by atoms with Crippen molar-refractivity contribution in [2.24, 2.45) is 0 Å². The highest BCUT2D eigenvalue weighted by Gasteiger charge is 2.24. The van der Waals surface area contributed by atoms with Crippen LogP contribution in [0.3, 0.4) is 0 Å². The van der Waals surface area contributed by atoms with Crippen LogP contribution < -0.4 is 10.1 Å². The number of hydrogen-bond acceptors (Lipinski definition) is 2. The topological polar surface area (TPSA) is 21.3 Å². The third kappa shape index (κ3) is 2.32. The van der Waals surface area contributed by atoms with E-state index in [-0.39, 0.29) is 11.1 Å². The van der Waals surface area contributed by atoms with E-state index in [1.54, 1.807) is 0 Å². The lowest BCUT2D eigenvalue weighted by Gasteiger charge is -2.29. The first-order valence-electron chi connectivity index (χ1n) is 6.21. The molecule has 0 fully saturated rings. The summed E-state index contributed by atoms with van der Waals surface area (Å²) in [6.45, 7) is 2.53. The van der Waals surface area contributed by atoms with Gasteiger partial charge >= 0.3 is 0 Å².